The lowest BCUT2D eigenvalue weighted by Gasteiger charge is -2.21. The van der Waals surface area contributed by atoms with Crippen LogP contribution in [0.4, 0.5) is 0 Å². The topological polar surface area (TPSA) is 58.9 Å². The maximum atomic E-state index is 10.2. The highest BCUT2D eigenvalue weighted by atomic mass is 32.2. The summed E-state index contributed by atoms with van der Waals surface area (Å²) in [5.74, 6) is 0. The molecule has 0 radical (unpaired) electrons. The molecule has 1 aliphatic heterocycles. The van der Waals surface area contributed by atoms with Gasteiger partial charge < -0.3 is 19.7 Å². The summed E-state index contributed by atoms with van der Waals surface area (Å²) in [5, 5.41) is 20.0. The molecule has 24 heavy (non-hydrogen) atoms. The van der Waals surface area contributed by atoms with E-state index in [1.165, 1.54) is 11.8 Å². The molecule has 1 unspecified atom stereocenters. The Morgan fingerprint density at radius 2 is 1.42 bits per heavy atom. The smallest absolute Gasteiger partial charge is 0.128 e. The number of thioether (sulfide) groups is 1. The van der Waals surface area contributed by atoms with Gasteiger partial charge in [-0.25, -0.2) is 0 Å². The van der Waals surface area contributed by atoms with Crippen molar-refractivity contribution < 1.29 is 19.7 Å². The van der Waals surface area contributed by atoms with Crippen LogP contribution in [0.1, 0.15) is 11.1 Å². The van der Waals surface area contributed by atoms with Gasteiger partial charge in [-0.3, -0.25) is 0 Å². The average molecular weight is 346 g/mol. The van der Waals surface area contributed by atoms with E-state index in [2.05, 4.69) is 0 Å². The molecule has 0 aliphatic carbocycles. The first-order chi connectivity index (χ1) is 11.7. The number of hydrogen-bond acceptors (Lipinski definition) is 5. The van der Waals surface area contributed by atoms with Crippen molar-refractivity contribution in [2.45, 2.75) is 36.1 Å². The van der Waals surface area contributed by atoms with E-state index in [9.17, 15) is 10.2 Å². The summed E-state index contributed by atoms with van der Waals surface area (Å²) in [6, 6.07) is 19.7. The minimum Gasteiger partial charge on any atom is -0.387 e. The van der Waals surface area contributed by atoms with E-state index in [0.717, 1.165) is 11.1 Å². The number of rotatable bonds is 7. The van der Waals surface area contributed by atoms with Crippen molar-refractivity contribution in [2.24, 2.45) is 0 Å². The third kappa shape index (κ3) is 4.59. The van der Waals surface area contributed by atoms with Crippen molar-refractivity contribution in [2.75, 3.05) is 6.61 Å². The highest BCUT2D eigenvalue weighted by Gasteiger charge is 2.43. The zero-order valence-electron chi connectivity index (χ0n) is 13.3. The fourth-order valence-electron chi connectivity index (χ4n) is 2.69. The second kappa shape index (κ2) is 8.65. The van der Waals surface area contributed by atoms with Crippen LogP contribution in [0.15, 0.2) is 60.7 Å². The third-order valence-electron chi connectivity index (χ3n) is 3.99. The minimum atomic E-state index is -0.899. The maximum absolute atomic E-state index is 10.2. The van der Waals surface area contributed by atoms with Crippen LogP contribution in [0.3, 0.4) is 0 Å². The van der Waals surface area contributed by atoms with Gasteiger partial charge in [0.15, 0.2) is 0 Å². The Balaban J connectivity index is 1.52. The van der Waals surface area contributed by atoms with Crippen LogP contribution in [0.5, 0.6) is 0 Å². The summed E-state index contributed by atoms with van der Waals surface area (Å²) in [4.78, 5) is 0. The highest BCUT2D eigenvalue weighted by Crippen LogP contribution is 2.35. The molecule has 0 bridgehead atoms. The second-order valence-electron chi connectivity index (χ2n) is 5.82. The quantitative estimate of drug-likeness (QED) is 0.807. The molecule has 1 saturated heterocycles. The second-order valence-corrected chi connectivity index (χ2v) is 7.18. The van der Waals surface area contributed by atoms with Crippen LogP contribution < -0.4 is 0 Å². The fourth-order valence-corrected chi connectivity index (χ4v) is 3.94. The molecule has 1 heterocycles. The molecule has 0 saturated carbocycles. The van der Waals surface area contributed by atoms with E-state index < -0.39 is 17.6 Å². The Bertz CT molecular complexity index is 607. The summed E-state index contributed by atoms with van der Waals surface area (Å²) >= 11 is 1.31. The molecule has 3 rings (SSSR count). The first-order valence-electron chi connectivity index (χ1n) is 8.03. The summed E-state index contributed by atoms with van der Waals surface area (Å²) in [5.41, 5.74) is 1.31. The Labute approximate surface area is 146 Å². The third-order valence-corrected chi connectivity index (χ3v) is 5.30. The summed E-state index contributed by atoms with van der Waals surface area (Å²) in [7, 11) is 0. The molecule has 128 valence electrons. The predicted molar refractivity (Wildman–Crippen MR) is 94.5 cm³/mol. The fraction of sp³-hybridized carbons (Fsp3) is 0.368. The van der Waals surface area contributed by atoms with Gasteiger partial charge in [-0.05, 0) is 11.1 Å². The normalized spacial score (nSPS) is 26.6. The van der Waals surface area contributed by atoms with Gasteiger partial charge in [0, 0.05) is 0 Å². The van der Waals surface area contributed by atoms with E-state index in [-0.39, 0.29) is 5.25 Å². The largest absolute Gasteiger partial charge is 0.387 e. The molecule has 4 nitrogen and oxygen atoms in total. The molecule has 1 aliphatic rings. The van der Waals surface area contributed by atoms with Gasteiger partial charge in [0.2, 0.25) is 0 Å². The van der Waals surface area contributed by atoms with Crippen LogP contribution in [0.2, 0.25) is 0 Å². The summed E-state index contributed by atoms with van der Waals surface area (Å²) in [6.45, 7) is 1.34. The average Bonchev–Trinajstić information content (AvgIpc) is 2.89. The van der Waals surface area contributed by atoms with Crippen molar-refractivity contribution in [3.8, 4) is 0 Å². The van der Waals surface area contributed by atoms with Gasteiger partial charge in [-0.2, -0.15) is 0 Å². The molecule has 5 heteroatoms. The molecule has 0 spiro atoms. The molecule has 4 atom stereocenters. The van der Waals surface area contributed by atoms with E-state index in [1.807, 2.05) is 60.7 Å². The van der Waals surface area contributed by atoms with Crippen LogP contribution in [-0.2, 0) is 22.7 Å². The van der Waals surface area contributed by atoms with Crippen molar-refractivity contribution in [1.29, 1.82) is 0 Å². The Morgan fingerprint density at radius 1 is 0.833 bits per heavy atom. The van der Waals surface area contributed by atoms with Crippen LogP contribution in [0.25, 0.3) is 0 Å². The number of hydrogen-bond donors (Lipinski definition) is 2. The zero-order valence-corrected chi connectivity index (χ0v) is 14.1. The van der Waals surface area contributed by atoms with Crippen molar-refractivity contribution >= 4 is 11.8 Å². The Hall–Kier alpha value is -1.37. The number of aliphatic hydroxyl groups is 2. The maximum Gasteiger partial charge on any atom is 0.128 e. The first kappa shape index (κ1) is 17.5. The van der Waals surface area contributed by atoms with Crippen molar-refractivity contribution in [3.05, 3.63) is 71.8 Å². The molecule has 2 aromatic carbocycles. The Morgan fingerprint density at radius 3 is 2.04 bits per heavy atom. The Kier molecular flexibility index (Phi) is 6.29. The monoisotopic (exact) mass is 346 g/mol. The van der Waals surface area contributed by atoms with Gasteiger partial charge in [-0.15, -0.1) is 11.8 Å². The molecular formula is C19H22O4S. The summed E-state index contributed by atoms with van der Waals surface area (Å²) in [6.07, 6.45) is -1.34. The molecule has 2 N–H and O–H groups in total. The molecule has 0 aromatic heterocycles. The molecule has 1 fully saturated rings. The first-order valence-corrected chi connectivity index (χ1v) is 8.97. The molecular weight excluding hydrogens is 324 g/mol. The van der Waals surface area contributed by atoms with Gasteiger partial charge in [0.25, 0.3) is 0 Å². The molecule has 2 aromatic rings. The number of benzene rings is 2. The summed E-state index contributed by atoms with van der Waals surface area (Å²) < 4.78 is 11.6. The highest BCUT2D eigenvalue weighted by molar-refractivity contribution is 8.00. The van der Waals surface area contributed by atoms with Crippen molar-refractivity contribution in [1.82, 2.24) is 0 Å². The van der Waals surface area contributed by atoms with Gasteiger partial charge in [0.1, 0.15) is 17.6 Å². The minimum absolute atomic E-state index is 0.0950. The zero-order chi connectivity index (χ0) is 16.8. The van der Waals surface area contributed by atoms with E-state index in [4.69, 9.17) is 9.47 Å². The van der Waals surface area contributed by atoms with E-state index in [1.54, 1.807) is 0 Å². The number of aliphatic hydroxyl groups excluding tert-OH is 2. The standard InChI is InChI=1S/C19H22O4S/c20-17-18(23-12-15-9-5-2-6-10-15)16(24-19(17)21)13-22-11-14-7-3-1-4-8-14/h1-10,16-21H,11-13H2/t16-,17+,18-,19?/m1/s1. The van der Waals surface area contributed by atoms with Crippen LogP contribution in [-0.4, -0.2) is 39.7 Å². The molecule has 0 amide bonds. The van der Waals surface area contributed by atoms with Gasteiger partial charge in [0.05, 0.1) is 25.1 Å². The predicted octanol–water partition coefficient (Wildman–Crippen LogP) is 2.58. The lowest BCUT2D eigenvalue weighted by atomic mass is 10.1. The van der Waals surface area contributed by atoms with Crippen molar-refractivity contribution in [3.63, 3.8) is 0 Å². The van der Waals surface area contributed by atoms with Crippen LogP contribution in [0, 0.1) is 0 Å². The lowest BCUT2D eigenvalue weighted by Crippen LogP contribution is -2.36. The van der Waals surface area contributed by atoms with Gasteiger partial charge >= 0.3 is 0 Å². The number of ether oxygens (including phenoxy) is 2. The van der Waals surface area contributed by atoms with E-state index in [0.29, 0.717) is 19.8 Å². The SMILES string of the molecule is OC1S[C@H](COCc2ccccc2)[C@@H](OCc2ccccc2)[C@@H]1O. The lowest BCUT2D eigenvalue weighted by molar-refractivity contribution is -0.0703. The van der Waals surface area contributed by atoms with E-state index >= 15 is 0 Å². The van der Waals surface area contributed by atoms with Crippen LogP contribution >= 0.6 is 11.8 Å². The van der Waals surface area contributed by atoms with Gasteiger partial charge in [-0.1, -0.05) is 60.7 Å².